The summed E-state index contributed by atoms with van der Waals surface area (Å²) in [4.78, 5) is 46.8. The summed E-state index contributed by atoms with van der Waals surface area (Å²) in [6, 6.07) is -1.23. The van der Waals surface area contributed by atoms with Crippen molar-refractivity contribution in [1.29, 1.82) is 0 Å². The lowest BCUT2D eigenvalue weighted by molar-refractivity contribution is -0.161. The average Bonchev–Trinajstić information content (AvgIpc) is 3.23. The van der Waals surface area contributed by atoms with E-state index in [1.165, 1.54) is 88.8 Å². The van der Waals surface area contributed by atoms with E-state index in [9.17, 15) is 34.1 Å². The van der Waals surface area contributed by atoms with Crippen LogP contribution in [0.1, 0.15) is 155 Å². The predicted octanol–water partition coefficient (Wildman–Crippen LogP) is 8.65. The Labute approximate surface area is 370 Å². The molecule has 14 nitrogen and oxygen atoms in total. The SMILES string of the molecule is CCCCC/C=C\C\C=C/C=C/C=C/[C@@H](SC[C@H](N)C(=O)O[C@H](COC(=O)CCCCCCCCCCCCCCC)COP(=O)(O)OC[C@@H](O)CO)[C@@H](O)CCCC(=O)O. The number of carboxylic acid groups (broad SMARTS) is 1. The number of carbonyl (C=O) groups is 3. The molecule has 0 fully saturated rings. The third kappa shape index (κ3) is 37.9. The number of carboxylic acids is 1. The van der Waals surface area contributed by atoms with E-state index >= 15 is 0 Å². The lowest BCUT2D eigenvalue weighted by Crippen LogP contribution is -2.40. The van der Waals surface area contributed by atoms with Gasteiger partial charge in [0.05, 0.1) is 25.9 Å². The van der Waals surface area contributed by atoms with Crippen molar-refractivity contribution in [3.8, 4) is 0 Å². The zero-order chi connectivity index (χ0) is 45.4. The molecule has 0 aromatic heterocycles. The van der Waals surface area contributed by atoms with Crippen LogP contribution in [0.15, 0.2) is 48.6 Å². The van der Waals surface area contributed by atoms with Crippen molar-refractivity contribution >= 4 is 37.5 Å². The lowest BCUT2D eigenvalue weighted by atomic mass is 10.0. The molecule has 0 bridgehead atoms. The summed E-state index contributed by atoms with van der Waals surface area (Å²) in [5, 5.41) is 37.9. The van der Waals surface area contributed by atoms with Gasteiger partial charge in [-0.15, -0.1) is 11.8 Å². The second kappa shape index (κ2) is 40.4. The molecule has 0 aliphatic heterocycles. The number of aliphatic carboxylic acids is 1. The van der Waals surface area contributed by atoms with E-state index in [-0.39, 0.29) is 31.4 Å². The number of rotatable bonds is 42. The van der Waals surface area contributed by atoms with Crippen LogP contribution >= 0.6 is 19.6 Å². The van der Waals surface area contributed by atoms with Gasteiger partial charge in [-0.1, -0.05) is 152 Å². The van der Waals surface area contributed by atoms with Gasteiger partial charge in [-0.05, 0) is 38.5 Å². The number of aliphatic hydroxyl groups excluding tert-OH is 3. The number of unbranched alkanes of at least 4 members (excludes halogenated alkanes) is 15. The largest absolute Gasteiger partial charge is 0.481 e. The molecule has 0 rings (SSSR count). The van der Waals surface area contributed by atoms with Crippen LogP contribution in [0.4, 0.5) is 0 Å². The Morgan fingerprint density at radius 2 is 1.31 bits per heavy atom. The molecule has 61 heavy (non-hydrogen) atoms. The summed E-state index contributed by atoms with van der Waals surface area (Å²) in [6.07, 6.45) is 32.7. The van der Waals surface area contributed by atoms with Crippen LogP contribution in [0.25, 0.3) is 0 Å². The monoisotopic (exact) mass is 906 g/mol. The minimum absolute atomic E-state index is 0.0227. The van der Waals surface area contributed by atoms with Crippen LogP contribution in [0.3, 0.4) is 0 Å². The third-order valence-corrected chi connectivity index (χ3v) is 11.8. The molecule has 1 unspecified atom stereocenters. The highest BCUT2D eigenvalue weighted by Gasteiger charge is 2.29. The second-order valence-corrected chi connectivity index (χ2v) is 18.0. The quantitative estimate of drug-likeness (QED) is 0.0111. The molecule has 0 aromatic rings. The summed E-state index contributed by atoms with van der Waals surface area (Å²) in [5.41, 5.74) is 6.18. The number of phosphoric acid groups is 1. The van der Waals surface area contributed by atoms with Gasteiger partial charge in [0.25, 0.3) is 0 Å². The van der Waals surface area contributed by atoms with Gasteiger partial charge >= 0.3 is 25.7 Å². The number of hydrogen-bond donors (Lipinski definition) is 6. The van der Waals surface area contributed by atoms with E-state index in [4.69, 9.17) is 29.9 Å². The number of carbonyl (C=O) groups excluding carboxylic acids is 2. The minimum atomic E-state index is -4.78. The van der Waals surface area contributed by atoms with Crippen molar-refractivity contribution < 1.29 is 62.8 Å². The summed E-state index contributed by atoms with van der Waals surface area (Å²) in [6.45, 7) is 1.77. The van der Waals surface area contributed by atoms with Crippen molar-refractivity contribution in [2.45, 2.75) is 185 Å². The molecule has 0 aromatic carbocycles. The first-order chi connectivity index (χ1) is 29.3. The molecule has 0 saturated heterocycles. The van der Waals surface area contributed by atoms with Crippen LogP contribution < -0.4 is 5.73 Å². The van der Waals surface area contributed by atoms with Gasteiger partial charge in [0, 0.05) is 23.8 Å². The van der Waals surface area contributed by atoms with Crippen LogP contribution in [-0.4, -0.2) is 105 Å². The Balaban J connectivity index is 5.25. The van der Waals surface area contributed by atoms with Crippen molar-refractivity contribution in [2.75, 3.05) is 32.2 Å². The van der Waals surface area contributed by atoms with Crippen molar-refractivity contribution in [2.24, 2.45) is 5.73 Å². The Morgan fingerprint density at radius 1 is 0.721 bits per heavy atom. The molecule has 0 amide bonds. The fourth-order valence-corrected chi connectivity index (χ4v) is 7.74. The first-order valence-corrected chi connectivity index (χ1v) is 25.1. The van der Waals surface area contributed by atoms with Gasteiger partial charge in [0.1, 0.15) is 18.8 Å². The molecule has 0 spiro atoms. The highest BCUT2D eigenvalue weighted by molar-refractivity contribution is 8.00. The van der Waals surface area contributed by atoms with Crippen LogP contribution in [0, 0.1) is 0 Å². The van der Waals surface area contributed by atoms with E-state index in [2.05, 4.69) is 30.5 Å². The smallest absolute Gasteiger partial charge is 0.472 e. The highest BCUT2D eigenvalue weighted by Crippen LogP contribution is 2.43. The lowest BCUT2D eigenvalue weighted by Gasteiger charge is -2.23. The predicted molar refractivity (Wildman–Crippen MR) is 243 cm³/mol. The Morgan fingerprint density at radius 3 is 1.93 bits per heavy atom. The van der Waals surface area contributed by atoms with Gasteiger partial charge in [-0.25, -0.2) is 4.57 Å². The first-order valence-electron chi connectivity index (χ1n) is 22.5. The number of allylic oxidation sites excluding steroid dienone is 7. The molecule has 0 radical (unpaired) electrons. The van der Waals surface area contributed by atoms with Crippen LogP contribution in [0.2, 0.25) is 0 Å². The standard InChI is InChI=1S/C45H80NO13PS/c1-3-5-7-9-11-13-15-17-19-21-23-25-27-32-44(52)56-35-39(36-58-60(54,55)57-34-38(48)33-47)59-45(53)40(46)37-61-42(41(49)29-28-31-43(50)51)30-26-24-22-20-18-16-14-12-10-8-6-4-2/h12,14,18,20,22,24,26,30,38-42,47-49H,3-11,13,15-17,19,21,23,25,27-29,31-37,46H2,1-2H3,(H,50,51)(H,54,55)/b14-12-,20-18-,24-22+,30-26+/t38-,39+,40-,41-,42+/m0/s1. The van der Waals surface area contributed by atoms with E-state index < -0.39 is 81.8 Å². The molecular formula is C45H80NO13PS. The zero-order valence-electron chi connectivity index (χ0n) is 37.0. The summed E-state index contributed by atoms with van der Waals surface area (Å²) < 4.78 is 32.8. The van der Waals surface area contributed by atoms with Gasteiger partial charge in [-0.2, -0.15) is 0 Å². The minimum Gasteiger partial charge on any atom is -0.481 e. The number of thioether (sulfide) groups is 1. The molecule has 0 aliphatic rings. The highest BCUT2D eigenvalue weighted by atomic mass is 32.2. The summed E-state index contributed by atoms with van der Waals surface area (Å²) in [5.74, 6) is -2.46. The fraction of sp³-hybridized carbons (Fsp3) is 0.756. The van der Waals surface area contributed by atoms with Gasteiger partial charge in [0.15, 0.2) is 6.10 Å². The summed E-state index contributed by atoms with van der Waals surface area (Å²) >= 11 is 1.17. The molecule has 0 heterocycles. The van der Waals surface area contributed by atoms with Gasteiger partial charge in [0.2, 0.25) is 0 Å². The molecule has 354 valence electrons. The maximum Gasteiger partial charge on any atom is 0.472 e. The van der Waals surface area contributed by atoms with Gasteiger partial charge < -0.3 is 40.5 Å². The molecular weight excluding hydrogens is 826 g/mol. The molecule has 0 saturated carbocycles. The third-order valence-electron chi connectivity index (χ3n) is 9.49. The van der Waals surface area contributed by atoms with Crippen molar-refractivity contribution in [3.63, 3.8) is 0 Å². The van der Waals surface area contributed by atoms with Gasteiger partial charge in [-0.3, -0.25) is 23.4 Å². The van der Waals surface area contributed by atoms with Crippen LogP contribution in [-0.2, 0) is 37.5 Å². The normalized spacial score (nSPS) is 15.7. The molecule has 0 aliphatic carbocycles. The number of esters is 2. The maximum atomic E-state index is 13.1. The van der Waals surface area contributed by atoms with E-state index in [1.807, 2.05) is 18.2 Å². The van der Waals surface area contributed by atoms with Crippen molar-refractivity contribution in [3.05, 3.63) is 48.6 Å². The molecule has 16 heteroatoms. The number of ether oxygens (including phenoxy) is 2. The van der Waals surface area contributed by atoms with E-state index in [1.54, 1.807) is 18.2 Å². The Kier molecular flexibility index (Phi) is 38.9. The second-order valence-electron chi connectivity index (χ2n) is 15.3. The number of hydrogen-bond acceptors (Lipinski definition) is 13. The van der Waals surface area contributed by atoms with E-state index in [0.717, 1.165) is 32.1 Å². The number of aliphatic hydroxyl groups is 3. The zero-order valence-corrected chi connectivity index (χ0v) is 38.7. The first kappa shape index (κ1) is 58.7. The van der Waals surface area contributed by atoms with E-state index in [0.29, 0.717) is 6.42 Å². The fourth-order valence-electron chi connectivity index (χ4n) is 5.83. The Hall–Kier alpha value is -2.33. The number of phosphoric ester groups is 1. The average molecular weight is 906 g/mol. The topological polar surface area (TPSA) is 232 Å². The summed E-state index contributed by atoms with van der Waals surface area (Å²) in [7, 11) is -4.78. The molecule has 7 N–H and O–H groups in total. The number of nitrogens with two attached hydrogens (primary N) is 1. The maximum absolute atomic E-state index is 13.1. The Bertz CT molecular complexity index is 1280. The van der Waals surface area contributed by atoms with Crippen LogP contribution in [0.5, 0.6) is 0 Å². The van der Waals surface area contributed by atoms with Crippen molar-refractivity contribution in [1.82, 2.24) is 0 Å². The molecule has 6 atom stereocenters.